The number of hydrogen-bond acceptors (Lipinski definition) is 4. The van der Waals surface area contributed by atoms with Gasteiger partial charge in [0.25, 0.3) is 0 Å². The summed E-state index contributed by atoms with van der Waals surface area (Å²) in [5.74, 6) is 1.41. The summed E-state index contributed by atoms with van der Waals surface area (Å²) in [6.07, 6.45) is 4.38. The van der Waals surface area contributed by atoms with Crippen molar-refractivity contribution in [3.63, 3.8) is 0 Å². The molecule has 2 aromatic rings. The van der Waals surface area contributed by atoms with E-state index >= 15 is 0 Å². The average molecular weight is 286 g/mol. The van der Waals surface area contributed by atoms with Crippen LogP contribution in [0.1, 0.15) is 45.9 Å². The maximum absolute atomic E-state index is 6.20. The van der Waals surface area contributed by atoms with Crippen LogP contribution in [0.3, 0.4) is 0 Å². The predicted octanol–water partition coefficient (Wildman–Crippen LogP) is 3.20. The first-order valence-corrected chi connectivity index (χ1v) is 8.08. The fourth-order valence-electron chi connectivity index (χ4n) is 3.13. The lowest BCUT2D eigenvalue weighted by Crippen LogP contribution is -2.19. The van der Waals surface area contributed by atoms with Gasteiger partial charge in [0.05, 0.1) is 17.3 Å². The summed E-state index contributed by atoms with van der Waals surface area (Å²) in [5.41, 5.74) is 8.74. The monoisotopic (exact) mass is 286 g/mol. The SMILES string of the molecule is NC1CCCc2nc(C3COc4ccccc4C3)sc21. The average Bonchev–Trinajstić information content (AvgIpc) is 2.92. The summed E-state index contributed by atoms with van der Waals surface area (Å²) in [7, 11) is 0. The highest BCUT2D eigenvalue weighted by Gasteiger charge is 2.28. The molecule has 2 atom stereocenters. The highest BCUT2D eigenvalue weighted by molar-refractivity contribution is 7.12. The number of nitrogens with zero attached hydrogens (tertiary/aromatic N) is 1. The zero-order valence-electron chi connectivity index (χ0n) is 11.3. The Kier molecular flexibility index (Phi) is 3.00. The summed E-state index contributed by atoms with van der Waals surface area (Å²) < 4.78 is 5.88. The van der Waals surface area contributed by atoms with Crippen molar-refractivity contribution in [2.24, 2.45) is 5.73 Å². The minimum Gasteiger partial charge on any atom is -0.493 e. The fraction of sp³-hybridized carbons (Fsp3) is 0.438. The van der Waals surface area contributed by atoms with Gasteiger partial charge in [0.1, 0.15) is 5.75 Å². The standard InChI is InChI=1S/C16H18N2OS/c17-12-5-3-6-13-15(12)20-16(18-13)11-8-10-4-1-2-7-14(10)19-9-11/h1-2,4,7,11-12H,3,5-6,8-9,17H2. The van der Waals surface area contributed by atoms with Crippen molar-refractivity contribution < 1.29 is 4.74 Å². The molecule has 0 saturated carbocycles. The number of para-hydroxylation sites is 1. The molecule has 2 aliphatic rings. The predicted molar refractivity (Wildman–Crippen MR) is 80.4 cm³/mol. The summed E-state index contributed by atoms with van der Waals surface area (Å²) in [6.45, 7) is 0.735. The molecule has 0 bridgehead atoms. The molecule has 0 spiro atoms. The van der Waals surface area contributed by atoms with Gasteiger partial charge in [-0.15, -0.1) is 11.3 Å². The molecule has 20 heavy (non-hydrogen) atoms. The quantitative estimate of drug-likeness (QED) is 0.875. The van der Waals surface area contributed by atoms with E-state index in [2.05, 4.69) is 12.1 Å². The molecule has 0 radical (unpaired) electrons. The Labute approximate surface area is 122 Å². The highest BCUT2D eigenvalue weighted by atomic mass is 32.1. The van der Waals surface area contributed by atoms with Crippen molar-refractivity contribution in [1.82, 2.24) is 4.98 Å². The summed E-state index contributed by atoms with van der Waals surface area (Å²) in [4.78, 5) is 6.17. The topological polar surface area (TPSA) is 48.1 Å². The molecule has 1 aromatic carbocycles. The van der Waals surface area contributed by atoms with Crippen LogP contribution in [0.2, 0.25) is 0 Å². The summed E-state index contributed by atoms with van der Waals surface area (Å²) in [5, 5.41) is 1.21. The lowest BCUT2D eigenvalue weighted by molar-refractivity contribution is 0.262. The molecule has 0 saturated heterocycles. The third-order valence-corrected chi connectivity index (χ3v) is 5.63. The largest absolute Gasteiger partial charge is 0.493 e. The van der Waals surface area contributed by atoms with Crippen LogP contribution in [0, 0.1) is 0 Å². The normalized spacial score (nSPS) is 24.6. The van der Waals surface area contributed by atoms with Crippen molar-refractivity contribution in [3.8, 4) is 5.75 Å². The van der Waals surface area contributed by atoms with Crippen LogP contribution >= 0.6 is 11.3 Å². The Bertz CT molecular complexity index is 637. The number of aryl methyl sites for hydroxylation is 1. The van der Waals surface area contributed by atoms with E-state index in [1.54, 1.807) is 0 Å². The van der Waals surface area contributed by atoms with Crippen molar-refractivity contribution in [1.29, 1.82) is 0 Å². The second kappa shape index (κ2) is 4.86. The third kappa shape index (κ3) is 2.03. The van der Waals surface area contributed by atoms with E-state index in [4.69, 9.17) is 15.5 Å². The Hall–Kier alpha value is -1.39. The molecule has 104 valence electrons. The first-order valence-electron chi connectivity index (χ1n) is 7.27. The fourth-order valence-corrected chi connectivity index (χ4v) is 4.37. The highest BCUT2D eigenvalue weighted by Crippen LogP contribution is 2.38. The van der Waals surface area contributed by atoms with E-state index < -0.39 is 0 Å². The van der Waals surface area contributed by atoms with Gasteiger partial charge in [0.15, 0.2) is 0 Å². The van der Waals surface area contributed by atoms with Crippen LogP contribution in [0.25, 0.3) is 0 Å². The second-order valence-corrected chi connectivity index (χ2v) is 6.74. The van der Waals surface area contributed by atoms with Crippen LogP contribution in [0.5, 0.6) is 5.75 Å². The van der Waals surface area contributed by atoms with Gasteiger partial charge in [-0.2, -0.15) is 0 Å². The maximum Gasteiger partial charge on any atom is 0.122 e. The van der Waals surface area contributed by atoms with E-state index in [9.17, 15) is 0 Å². The minimum atomic E-state index is 0.196. The molecule has 2 unspecified atom stereocenters. The van der Waals surface area contributed by atoms with Crippen LogP contribution < -0.4 is 10.5 Å². The van der Waals surface area contributed by atoms with Gasteiger partial charge in [-0.25, -0.2) is 4.98 Å². The molecule has 4 heteroatoms. The van der Waals surface area contributed by atoms with Gasteiger partial charge < -0.3 is 10.5 Å². The number of benzene rings is 1. The molecule has 3 nitrogen and oxygen atoms in total. The van der Waals surface area contributed by atoms with E-state index in [0.29, 0.717) is 5.92 Å². The zero-order valence-corrected chi connectivity index (χ0v) is 12.2. The molecule has 2 N–H and O–H groups in total. The Morgan fingerprint density at radius 1 is 1.30 bits per heavy atom. The van der Waals surface area contributed by atoms with Gasteiger partial charge in [0, 0.05) is 16.8 Å². The van der Waals surface area contributed by atoms with Crippen LogP contribution in [-0.2, 0) is 12.8 Å². The van der Waals surface area contributed by atoms with Gasteiger partial charge in [-0.1, -0.05) is 18.2 Å². The smallest absolute Gasteiger partial charge is 0.122 e. The molecular weight excluding hydrogens is 268 g/mol. The molecule has 4 rings (SSSR count). The van der Waals surface area contributed by atoms with E-state index in [1.807, 2.05) is 23.5 Å². The Morgan fingerprint density at radius 3 is 3.10 bits per heavy atom. The number of ether oxygens (including phenoxy) is 1. The number of fused-ring (bicyclic) bond motifs is 2. The number of hydrogen-bond donors (Lipinski definition) is 1. The Balaban J connectivity index is 1.63. The first-order chi connectivity index (χ1) is 9.81. The molecule has 0 amide bonds. The van der Waals surface area contributed by atoms with Crippen LogP contribution in [-0.4, -0.2) is 11.6 Å². The zero-order chi connectivity index (χ0) is 13.5. The molecule has 1 aliphatic carbocycles. The lowest BCUT2D eigenvalue weighted by Gasteiger charge is -2.23. The van der Waals surface area contributed by atoms with Gasteiger partial charge in [-0.3, -0.25) is 0 Å². The number of nitrogens with two attached hydrogens (primary N) is 1. The molecular formula is C16H18N2OS. The Morgan fingerprint density at radius 2 is 2.20 bits per heavy atom. The van der Waals surface area contributed by atoms with Gasteiger partial charge in [0.2, 0.25) is 0 Å². The van der Waals surface area contributed by atoms with Crippen LogP contribution in [0.15, 0.2) is 24.3 Å². The van der Waals surface area contributed by atoms with Gasteiger partial charge in [-0.05, 0) is 37.3 Å². The van der Waals surface area contributed by atoms with Crippen LogP contribution in [0.4, 0.5) is 0 Å². The van der Waals surface area contributed by atoms with E-state index in [-0.39, 0.29) is 6.04 Å². The van der Waals surface area contributed by atoms with Gasteiger partial charge >= 0.3 is 0 Å². The van der Waals surface area contributed by atoms with Crippen molar-refractivity contribution in [2.75, 3.05) is 6.61 Å². The molecule has 2 heterocycles. The third-order valence-electron chi connectivity index (χ3n) is 4.24. The van der Waals surface area contributed by atoms with E-state index in [0.717, 1.165) is 31.6 Å². The minimum absolute atomic E-state index is 0.196. The number of aromatic nitrogens is 1. The van der Waals surface area contributed by atoms with E-state index in [1.165, 1.54) is 27.6 Å². The molecule has 1 aliphatic heterocycles. The molecule has 0 fully saturated rings. The van der Waals surface area contributed by atoms with Crippen molar-refractivity contribution in [3.05, 3.63) is 45.4 Å². The number of rotatable bonds is 1. The second-order valence-electron chi connectivity index (χ2n) is 5.68. The van der Waals surface area contributed by atoms with Crippen molar-refractivity contribution in [2.45, 2.75) is 37.6 Å². The molecule has 1 aromatic heterocycles. The maximum atomic E-state index is 6.20. The first kappa shape index (κ1) is 12.4. The lowest BCUT2D eigenvalue weighted by atomic mass is 9.97. The summed E-state index contributed by atoms with van der Waals surface area (Å²) >= 11 is 1.81. The number of thiazole rings is 1. The van der Waals surface area contributed by atoms with Crippen molar-refractivity contribution >= 4 is 11.3 Å². The summed E-state index contributed by atoms with van der Waals surface area (Å²) in [6, 6.07) is 8.50.